The number of nitrogens with zero attached hydrogens (tertiary/aromatic N) is 1. The summed E-state index contributed by atoms with van der Waals surface area (Å²) in [6.45, 7) is 7.87. The lowest BCUT2D eigenvalue weighted by Gasteiger charge is -2.22. The maximum atomic E-state index is 12.6. The Hall–Kier alpha value is -3.02. The van der Waals surface area contributed by atoms with Crippen LogP contribution in [0.3, 0.4) is 0 Å². The molecule has 1 saturated heterocycles. The van der Waals surface area contributed by atoms with Crippen molar-refractivity contribution in [2.75, 3.05) is 24.7 Å². The highest BCUT2D eigenvalue weighted by molar-refractivity contribution is 5.99. The summed E-state index contributed by atoms with van der Waals surface area (Å²) in [7, 11) is 0. The molecular weight excluding hydrogens is 368 g/mol. The molecule has 2 aromatic carbocycles. The summed E-state index contributed by atoms with van der Waals surface area (Å²) in [5.41, 5.74) is 2.57. The van der Waals surface area contributed by atoms with Crippen molar-refractivity contribution in [3.8, 4) is 11.5 Å². The van der Waals surface area contributed by atoms with E-state index in [1.165, 1.54) is 5.56 Å². The average Bonchev–Trinajstić information content (AvgIpc) is 3.07. The number of nitrogens with one attached hydrogen (secondary N) is 1. The second-order valence-electron chi connectivity index (χ2n) is 8.53. The van der Waals surface area contributed by atoms with Crippen LogP contribution in [0, 0.1) is 0 Å². The van der Waals surface area contributed by atoms with Crippen LogP contribution >= 0.6 is 0 Å². The number of hydrogen-bond donors (Lipinski definition) is 1. The number of ether oxygens (including phenoxy) is 2. The van der Waals surface area contributed by atoms with Gasteiger partial charge >= 0.3 is 0 Å². The van der Waals surface area contributed by atoms with Crippen LogP contribution < -0.4 is 19.7 Å². The molecule has 0 spiro atoms. The first-order valence-electron chi connectivity index (χ1n) is 9.93. The predicted molar refractivity (Wildman–Crippen MR) is 111 cm³/mol. The quantitative estimate of drug-likeness (QED) is 0.867. The molecule has 152 valence electrons. The van der Waals surface area contributed by atoms with E-state index in [2.05, 4.69) is 26.1 Å². The smallest absolute Gasteiger partial charge is 0.251 e. The molecule has 2 heterocycles. The molecule has 1 N–H and O–H groups in total. The number of carbonyl (C=O) groups is 2. The number of carbonyl (C=O) groups excluding carboxylic acids is 2. The van der Waals surface area contributed by atoms with Gasteiger partial charge in [0.25, 0.3) is 5.91 Å². The second-order valence-corrected chi connectivity index (χ2v) is 8.53. The van der Waals surface area contributed by atoms with E-state index in [-0.39, 0.29) is 29.7 Å². The van der Waals surface area contributed by atoms with E-state index in [0.29, 0.717) is 36.8 Å². The molecule has 4 rings (SSSR count). The Morgan fingerprint density at radius 3 is 2.41 bits per heavy atom. The number of benzene rings is 2. The first-order chi connectivity index (χ1) is 13.8. The van der Waals surface area contributed by atoms with E-state index in [1.54, 1.807) is 4.90 Å². The van der Waals surface area contributed by atoms with Gasteiger partial charge in [0.15, 0.2) is 11.5 Å². The van der Waals surface area contributed by atoms with E-state index < -0.39 is 0 Å². The largest absolute Gasteiger partial charge is 0.486 e. The van der Waals surface area contributed by atoms with Gasteiger partial charge in [-0.05, 0) is 35.2 Å². The molecular formula is C23H26N2O4. The molecule has 6 nitrogen and oxygen atoms in total. The number of hydrogen-bond acceptors (Lipinski definition) is 4. The van der Waals surface area contributed by atoms with Crippen molar-refractivity contribution >= 4 is 17.5 Å². The lowest BCUT2D eigenvalue weighted by atomic mass is 9.86. The van der Waals surface area contributed by atoms with Crippen molar-refractivity contribution in [1.29, 1.82) is 0 Å². The number of amides is 2. The Morgan fingerprint density at radius 2 is 1.72 bits per heavy atom. The first kappa shape index (κ1) is 19.3. The van der Waals surface area contributed by atoms with Gasteiger partial charge in [0.2, 0.25) is 5.91 Å². The predicted octanol–water partition coefficient (Wildman–Crippen LogP) is 3.29. The monoisotopic (exact) mass is 394 g/mol. The molecule has 0 aliphatic carbocycles. The van der Waals surface area contributed by atoms with Crippen LogP contribution in [0.15, 0.2) is 42.5 Å². The van der Waals surface area contributed by atoms with Gasteiger partial charge in [-0.2, -0.15) is 0 Å². The summed E-state index contributed by atoms with van der Waals surface area (Å²) in [6, 6.07) is 12.9. The minimum absolute atomic E-state index is 0.0185. The fourth-order valence-electron chi connectivity index (χ4n) is 3.64. The summed E-state index contributed by atoms with van der Waals surface area (Å²) in [5, 5.41) is 2.99. The molecule has 0 bridgehead atoms. The van der Waals surface area contributed by atoms with Crippen molar-refractivity contribution in [2.24, 2.45) is 0 Å². The van der Waals surface area contributed by atoms with E-state index in [4.69, 9.17) is 9.47 Å². The highest BCUT2D eigenvalue weighted by Gasteiger charge is 2.32. The van der Waals surface area contributed by atoms with Gasteiger partial charge in [-0.15, -0.1) is 0 Å². The normalized spacial score (nSPS) is 18.7. The highest BCUT2D eigenvalue weighted by Crippen LogP contribution is 2.35. The summed E-state index contributed by atoms with van der Waals surface area (Å²) < 4.78 is 11.1. The van der Waals surface area contributed by atoms with Gasteiger partial charge < -0.3 is 19.7 Å². The summed E-state index contributed by atoms with van der Waals surface area (Å²) in [4.78, 5) is 26.8. The van der Waals surface area contributed by atoms with Crippen LogP contribution in [0.2, 0.25) is 0 Å². The molecule has 0 radical (unpaired) electrons. The van der Waals surface area contributed by atoms with Crippen molar-refractivity contribution < 1.29 is 19.1 Å². The summed E-state index contributed by atoms with van der Waals surface area (Å²) >= 11 is 0. The molecule has 2 aliphatic rings. The van der Waals surface area contributed by atoms with Gasteiger partial charge in [0, 0.05) is 30.3 Å². The van der Waals surface area contributed by atoms with Crippen molar-refractivity contribution in [3.05, 3.63) is 53.6 Å². The maximum Gasteiger partial charge on any atom is 0.251 e. The maximum absolute atomic E-state index is 12.6. The van der Waals surface area contributed by atoms with Crippen LogP contribution in [-0.4, -0.2) is 37.6 Å². The lowest BCUT2D eigenvalue weighted by molar-refractivity contribution is -0.117. The van der Waals surface area contributed by atoms with Crippen LogP contribution in [-0.2, 0) is 10.2 Å². The van der Waals surface area contributed by atoms with Crippen molar-refractivity contribution in [3.63, 3.8) is 0 Å². The third kappa shape index (κ3) is 4.06. The number of anilines is 1. The Bertz CT molecular complexity index is 931. The molecule has 1 atom stereocenters. The summed E-state index contributed by atoms with van der Waals surface area (Å²) in [5.74, 6) is 1.16. The van der Waals surface area contributed by atoms with E-state index in [9.17, 15) is 9.59 Å². The molecule has 6 heteroatoms. The first-order valence-corrected chi connectivity index (χ1v) is 9.93. The highest BCUT2D eigenvalue weighted by atomic mass is 16.6. The third-order valence-corrected chi connectivity index (χ3v) is 5.31. The van der Waals surface area contributed by atoms with Crippen LogP contribution in [0.4, 0.5) is 5.69 Å². The van der Waals surface area contributed by atoms with Gasteiger partial charge in [-0.3, -0.25) is 9.59 Å². The molecule has 29 heavy (non-hydrogen) atoms. The zero-order valence-corrected chi connectivity index (χ0v) is 17.0. The Labute approximate surface area is 170 Å². The standard InChI is InChI=1S/C23H26N2O4/c1-23(2,3)16-6-4-15(5-7-16)22(27)24-17-12-21(26)25(14-17)18-8-9-19-20(13-18)29-11-10-28-19/h4-9,13,17H,10-12,14H2,1-3H3,(H,24,27)/t17-/m0/s1. The van der Waals surface area contributed by atoms with Gasteiger partial charge in [-0.25, -0.2) is 0 Å². The Morgan fingerprint density at radius 1 is 1.03 bits per heavy atom. The zero-order chi connectivity index (χ0) is 20.6. The van der Waals surface area contributed by atoms with Crippen LogP contribution in [0.5, 0.6) is 11.5 Å². The SMILES string of the molecule is CC(C)(C)c1ccc(C(=O)N[C@H]2CC(=O)N(c3ccc4c(c3)OCCO4)C2)cc1. The average molecular weight is 394 g/mol. The Balaban J connectivity index is 1.42. The van der Waals surface area contributed by atoms with E-state index in [0.717, 1.165) is 5.69 Å². The van der Waals surface area contributed by atoms with Crippen molar-refractivity contribution in [1.82, 2.24) is 5.32 Å². The molecule has 0 aromatic heterocycles. The fraction of sp³-hybridized carbons (Fsp3) is 0.391. The molecule has 2 aromatic rings. The minimum atomic E-state index is -0.231. The molecule has 2 aliphatic heterocycles. The summed E-state index contributed by atoms with van der Waals surface area (Å²) in [6.07, 6.45) is 0.278. The van der Waals surface area contributed by atoms with Crippen molar-refractivity contribution in [2.45, 2.75) is 38.6 Å². The zero-order valence-electron chi connectivity index (χ0n) is 17.0. The van der Waals surface area contributed by atoms with Gasteiger partial charge in [0.1, 0.15) is 13.2 Å². The number of fused-ring (bicyclic) bond motifs is 1. The van der Waals surface area contributed by atoms with E-state index in [1.807, 2.05) is 42.5 Å². The van der Waals surface area contributed by atoms with Crippen LogP contribution in [0.25, 0.3) is 0 Å². The number of rotatable bonds is 3. The van der Waals surface area contributed by atoms with E-state index >= 15 is 0 Å². The van der Waals surface area contributed by atoms with Gasteiger partial charge in [0.05, 0.1) is 6.04 Å². The van der Waals surface area contributed by atoms with Crippen LogP contribution in [0.1, 0.15) is 43.1 Å². The molecule has 2 amide bonds. The molecule has 1 fully saturated rings. The lowest BCUT2D eigenvalue weighted by Crippen LogP contribution is -2.37. The minimum Gasteiger partial charge on any atom is -0.486 e. The fourth-order valence-corrected chi connectivity index (χ4v) is 3.64. The molecule has 0 unspecified atom stereocenters. The van der Waals surface area contributed by atoms with Gasteiger partial charge in [-0.1, -0.05) is 32.9 Å². The second kappa shape index (κ2) is 7.43. The topological polar surface area (TPSA) is 67.9 Å². The molecule has 0 saturated carbocycles. The third-order valence-electron chi connectivity index (χ3n) is 5.31. The Kier molecular flexibility index (Phi) is 4.94.